The minimum absolute atomic E-state index is 0.102. The molecule has 0 aliphatic carbocycles. The Balaban J connectivity index is 1.64. The molecule has 3 aromatic rings. The van der Waals surface area contributed by atoms with Crippen LogP contribution in [0.3, 0.4) is 0 Å². The predicted octanol–water partition coefficient (Wildman–Crippen LogP) is 5.88. The number of non-ortho nitro benzene ring substituents is 1. The molecule has 0 N–H and O–H groups in total. The van der Waals surface area contributed by atoms with E-state index in [4.69, 9.17) is 0 Å². The van der Waals surface area contributed by atoms with Crippen molar-refractivity contribution in [1.82, 2.24) is 4.57 Å². The molecule has 0 bridgehead atoms. The van der Waals surface area contributed by atoms with Gasteiger partial charge in [-0.15, -0.1) is 0 Å². The number of nitro benzene ring substituents is 1. The standard InChI is InChI=1S/C20H19N3O2S/c1-15(2)22-12-11-16(14-22)13-21-17-3-7-19(8-4-17)26-20-9-5-18(6-10-20)23(24)25/h3-15H,1-2H3. The minimum atomic E-state index is -0.392. The fourth-order valence-corrected chi connectivity index (χ4v) is 3.17. The molecule has 6 heteroatoms. The van der Waals surface area contributed by atoms with Gasteiger partial charge in [0.15, 0.2) is 0 Å². The number of hydrogen-bond acceptors (Lipinski definition) is 4. The van der Waals surface area contributed by atoms with Crippen LogP contribution in [0, 0.1) is 10.1 Å². The molecule has 0 radical (unpaired) electrons. The van der Waals surface area contributed by atoms with Crippen LogP contribution in [0.2, 0.25) is 0 Å². The van der Waals surface area contributed by atoms with Gasteiger partial charge in [0.25, 0.3) is 5.69 Å². The average Bonchev–Trinajstić information content (AvgIpc) is 3.11. The lowest BCUT2D eigenvalue weighted by molar-refractivity contribution is -0.384. The summed E-state index contributed by atoms with van der Waals surface area (Å²) in [5.74, 6) is 0. The normalized spacial score (nSPS) is 11.3. The molecule has 0 spiro atoms. The van der Waals surface area contributed by atoms with Crippen molar-refractivity contribution in [3.8, 4) is 0 Å². The Bertz CT molecular complexity index is 913. The summed E-state index contributed by atoms with van der Waals surface area (Å²) in [4.78, 5) is 16.8. The largest absolute Gasteiger partial charge is 0.351 e. The molecule has 0 amide bonds. The van der Waals surface area contributed by atoms with Crippen molar-refractivity contribution in [1.29, 1.82) is 0 Å². The molecule has 132 valence electrons. The van der Waals surface area contributed by atoms with Gasteiger partial charge in [-0.25, -0.2) is 0 Å². The van der Waals surface area contributed by atoms with E-state index in [1.165, 1.54) is 12.1 Å². The number of aromatic nitrogens is 1. The first-order chi connectivity index (χ1) is 12.5. The molecule has 1 heterocycles. The van der Waals surface area contributed by atoms with Gasteiger partial charge in [0.2, 0.25) is 0 Å². The Morgan fingerprint density at radius 3 is 2.19 bits per heavy atom. The van der Waals surface area contributed by atoms with E-state index in [1.54, 1.807) is 23.9 Å². The van der Waals surface area contributed by atoms with Crippen LogP contribution in [0.15, 0.2) is 81.8 Å². The molecular weight excluding hydrogens is 346 g/mol. The van der Waals surface area contributed by atoms with Crippen molar-refractivity contribution in [2.24, 2.45) is 4.99 Å². The van der Waals surface area contributed by atoms with Gasteiger partial charge >= 0.3 is 0 Å². The third-order valence-electron chi connectivity index (χ3n) is 3.82. The zero-order valence-electron chi connectivity index (χ0n) is 14.6. The molecule has 0 unspecified atom stereocenters. The summed E-state index contributed by atoms with van der Waals surface area (Å²) in [6.45, 7) is 4.28. The quantitative estimate of drug-likeness (QED) is 0.311. The zero-order valence-corrected chi connectivity index (χ0v) is 15.4. The highest BCUT2D eigenvalue weighted by Crippen LogP contribution is 2.30. The lowest BCUT2D eigenvalue weighted by Crippen LogP contribution is -1.95. The number of aliphatic imine (C=N–C) groups is 1. The molecule has 0 atom stereocenters. The van der Waals surface area contributed by atoms with Gasteiger partial charge in [-0.2, -0.15) is 0 Å². The summed E-state index contributed by atoms with van der Waals surface area (Å²) in [6.07, 6.45) is 5.99. The van der Waals surface area contributed by atoms with E-state index in [0.717, 1.165) is 21.0 Å². The maximum atomic E-state index is 10.7. The number of hydrogen-bond donors (Lipinski definition) is 0. The number of nitrogens with zero attached hydrogens (tertiary/aromatic N) is 3. The van der Waals surface area contributed by atoms with Crippen molar-refractivity contribution in [2.75, 3.05) is 0 Å². The van der Waals surface area contributed by atoms with Gasteiger partial charge in [0.05, 0.1) is 10.6 Å². The molecule has 0 aliphatic heterocycles. The van der Waals surface area contributed by atoms with Crippen LogP contribution in [0.4, 0.5) is 11.4 Å². The summed E-state index contributed by atoms with van der Waals surface area (Å²) < 4.78 is 2.14. The predicted molar refractivity (Wildman–Crippen MR) is 106 cm³/mol. The van der Waals surface area contributed by atoms with Crippen LogP contribution >= 0.6 is 11.8 Å². The Morgan fingerprint density at radius 2 is 1.65 bits per heavy atom. The molecule has 3 rings (SSSR count). The summed E-state index contributed by atoms with van der Waals surface area (Å²) in [6, 6.07) is 17.0. The second kappa shape index (κ2) is 8.01. The first-order valence-electron chi connectivity index (χ1n) is 8.25. The fraction of sp³-hybridized carbons (Fsp3) is 0.150. The van der Waals surface area contributed by atoms with Crippen molar-refractivity contribution in [2.45, 2.75) is 29.7 Å². The van der Waals surface area contributed by atoms with E-state index in [1.807, 2.05) is 36.5 Å². The first kappa shape index (κ1) is 17.9. The minimum Gasteiger partial charge on any atom is -0.351 e. The van der Waals surface area contributed by atoms with Gasteiger partial charge in [0.1, 0.15) is 0 Å². The lowest BCUT2D eigenvalue weighted by atomic mass is 10.3. The van der Waals surface area contributed by atoms with Gasteiger partial charge in [-0.1, -0.05) is 11.8 Å². The van der Waals surface area contributed by atoms with Gasteiger partial charge < -0.3 is 4.57 Å². The summed E-state index contributed by atoms with van der Waals surface area (Å²) in [5.41, 5.74) is 2.06. The molecule has 0 aliphatic rings. The maximum absolute atomic E-state index is 10.7. The maximum Gasteiger partial charge on any atom is 0.269 e. The molecule has 2 aromatic carbocycles. The van der Waals surface area contributed by atoms with E-state index in [9.17, 15) is 10.1 Å². The zero-order chi connectivity index (χ0) is 18.5. The summed E-state index contributed by atoms with van der Waals surface area (Å²) in [5, 5.41) is 10.7. The Labute approximate surface area is 156 Å². The van der Waals surface area contributed by atoms with E-state index in [-0.39, 0.29) is 5.69 Å². The monoisotopic (exact) mass is 365 g/mol. The fourth-order valence-electron chi connectivity index (χ4n) is 2.35. The second-order valence-corrected chi connectivity index (χ2v) is 7.24. The van der Waals surface area contributed by atoms with Gasteiger partial charge in [-0.3, -0.25) is 15.1 Å². The van der Waals surface area contributed by atoms with E-state index >= 15 is 0 Å². The van der Waals surface area contributed by atoms with Gasteiger partial charge in [-0.05, 0) is 56.3 Å². The molecule has 0 saturated heterocycles. The molecule has 0 saturated carbocycles. The Kier molecular flexibility index (Phi) is 5.53. The number of rotatable bonds is 6. The SMILES string of the molecule is CC(C)n1ccc(C=Nc2ccc(Sc3ccc([N+](=O)[O-])cc3)cc2)c1. The van der Waals surface area contributed by atoms with E-state index in [0.29, 0.717) is 6.04 Å². The van der Waals surface area contributed by atoms with Gasteiger partial charge in [0, 0.05) is 52.1 Å². The Morgan fingerprint density at radius 1 is 1.04 bits per heavy atom. The molecular formula is C20H19N3O2S. The van der Waals surface area contributed by atoms with Crippen molar-refractivity contribution < 1.29 is 4.92 Å². The van der Waals surface area contributed by atoms with E-state index < -0.39 is 4.92 Å². The third kappa shape index (κ3) is 4.61. The van der Waals surface area contributed by atoms with Crippen molar-refractivity contribution in [3.63, 3.8) is 0 Å². The van der Waals surface area contributed by atoms with Crippen LogP contribution in [-0.4, -0.2) is 15.7 Å². The molecule has 26 heavy (non-hydrogen) atoms. The summed E-state index contributed by atoms with van der Waals surface area (Å²) >= 11 is 1.56. The molecule has 1 aromatic heterocycles. The third-order valence-corrected chi connectivity index (χ3v) is 4.83. The van der Waals surface area contributed by atoms with Crippen LogP contribution in [-0.2, 0) is 0 Å². The highest BCUT2D eigenvalue weighted by Gasteiger charge is 2.05. The van der Waals surface area contributed by atoms with Crippen LogP contribution in [0.25, 0.3) is 0 Å². The smallest absolute Gasteiger partial charge is 0.269 e. The van der Waals surface area contributed by atoms with Crippen LogP contribution in [0.5, 0.6) is 0 Å². The number of benzene rings is 2. The highest BCUT2D eigenvalue weighted by atomic mass is 32.2. The van der Waals surface area contributed by atoms with Crippen LogP contribution in [0.1, 0.15) is 25.5 Å². The molecule has 5 nitrogen and oxygen atoms in total. The summed E-state index contributed by atoms with van der Waals surface area (Å²) in [7, 11) is 0. The van der Waals surface area contributed by atoms with Crippen LogP contribution < -0.4 is 0 Å². The topological polar surface area (TPSA) is 60.4 Å². The lowest BCUT2D eigenvalue weighted by Gasteiger charge is -2.04. The number of nitro groups is 1. The molecule has 0 fully saturated rings. The van der Waals surface area contributed by atoms with Crippen molar-refractivity contribution >= 4 is 29.4 Å². The second-order valence-electron chi connectivity index (χ2n) is 6.09. The Hall–Kier alpha value is -2.86. The highest BCUT2D eigenvalue weighted by molar-refractivity contribution is 7.99. The van der Waals surface area contributed by atoms with Crippen molar-refractivity contribution in [3.05, 3.63) is 82.7 Å². The van der Waals surface area contributed by atoms with E-state index in [2.05, 4.69) is 35.8 Å². The first-order valence-corrected chi connectivity index (χ1v) is 9.07. The average molecular weight is 365 g/mol.